The smallest absolute Gasteiger partial charge is 0.0243 e. The maximum absolute atomic E-state index is 5.26. The molecule has 0 fully saturated rings. The molecule has 1 aromatic rings. The van der Waals surface area contributed by atoms with Gasteiger partial charge >= 0.3 is 0 Å². The fourth-order valence-electron chi connectivity index (χ4n) is 1.11. The lowest BCUT2D eigenvalue weighted by molar-refractivity contribution is 1.39. The molecule has 0 unspecified atom stereocenters. The van der Waals surface area contributed by atoms with Crippen molar-refractivity contribution in [2.45, 2.75) is 13.3 Å². The first-order valence-electron chi connectivity index (χ1n) is 4.71. The van der Waals surface area contributed by atoms with Crippen LogP contribution in [0.2, 0.25) is 0 Å². The van der Waals surface area contributed by atoms with E-state index in [1.165, 1.54) is 5.56 Å². The molecule has 0 aliphatic carbocycles. The third-order valence-electron chi connectivity index (χ3n) is 1.90. The van der Waals surface area contributed by atoms with Crippen molar-refractivity contribution in [1.29, 1.82) is 0 Å². The Hall–Kier alpha value is -1.74. The Morgan fingerprint density at radius 1 is 1.21 bits per heavy atom. The molecule has 0 heterocycles. The summed E-state index contributed by atoms with van der Waals surface area (Å²) in [6, 6.07) is 7.97. The van der Waals surface area contributed by atoms with E-state index >= 15 is 0 Å². The average molecular weight is 182 g/mol. The van der Waals surface area contributed by atoms with Gasteiger partial charge in [0.15, 0.2) is 0 Å². The Kier molecular flexibility index (Phi) is 4.31. The molecule has 0 nitrogen and oxygen atoms in total. The van der Waals surface area contributed by atoms with E-state index in [0.717, 1.165) is 12.0 Å². The van der Waals surface area contributed by atoms with Crippen LogP contribution in [-0.4, -0.2) is 0 Å². The minimum atomic E-state index is 0.926. The van der Waals surface area contributed by atoms with Crippen LogP contribution in [0.25, 0.3) is 6.08 Å². The van der Waals surface area contributed by atoms with Gasteiger partial charge in [0.25, 0.3) is 0 Å². The van der Waals surface area contributed by atoms with Gasteiger partial charge in [0, 0.05) is 5.56 Å². The number of terminal acetylenes is 1. The van der Waals surface area contributed by atoms with Crippen LogP contribution in [0.1, 0.15) is 24.5 Å². The summed E-state index contributed by atoms with van der Waals surface area (Å²) >= 11 is 0. The molecular weight excluding hydrogens is 168 g/mol. The predicted octanol–water partition coefficient (Wildman–Crippen LogP) is 3.65. The van der Waals surface area contributed by atoms with Crippen LogP contribution in [-0.2, 0) is 0 Å². The molecule has 0 aromatic heterocycles. The number of benzene rings is 1. The van der Waals surface area contributed by atoms with Gasteiger partial charge in [0.05, 0.1) is 0 Å². The first-order chi connectivity index (χ1) is 6.86. The third-order valence-corrected chi connectivity index (χ3v) is 1.90. The second kappa shape index (κ2) is 5.83. The predicted molar refractivity (Wildman–Crippen MR) is 62.8 cm³/mol. The zero-order valence-corrected chi connectivity index (χ0v) is 8.40. The van der Waals surface area contributed by atoms with Crippen molar-refractivity contribution in [2.24, 2.45) is 0 Å². The molecule has 70 valence electrons. The van der Waals surface area contributed by atoms with Crippen LogP contribution in [0.15, 0.2) is 42.5 Å². The van der Waals surface area contributed by atoms with Gasteiger partial charge in [-0.05, 0) is 31.0 Å². The SMILES string of the molecule is C#Cc1ccc(C=CCC=CC)cc1. The summed E-state index contributed by atoms with van der Waals surface area (Å²) in [6.45, 7) is 2.02. The molecule has 0 spiro atoms. The first-order valence-corrected chi connectivity index (χ1v) is 4.71. The van der Waals surface area contributed by atoms with Gasteiger partial charge in [-0.3, -0.25) is 0 Å². The van der Waals surface area contributed by atoms with E-state index in [0.29, 0.717) is 0 Å². The molecule has 0 saturated heterocycles. The molecule has 0 atom stereocenters. The van der Waals surface area contributed by atoms with Crippen molar-refractivity contribution in [2.75, 3.05) is 0 Å². The monoisotopic (exact) mass is 182 g/mol. The van der Waals surface area contributed by atoms with Gasteiger partial charge in [0.2, 0.25) is 0 Å². The third kappa shape index (κ3) is 3.33. The maximum atomic E-state index is 5.26. The van der Waals surface area contributed by atoms with Crippen LogP contribution in [0.5, 0.6) is 0 Å². The summed E-state index contributed by atoms with van der Waals surface area (Å²) < 4.78 is 0. The first kappa shape index (κ1) is 10.3. The summed E-state index contributed by atoms with van der Waals surface area (Å²) in [6.07, 6.45) is 14.6. The maximum Gasteiger partial charge on any atom is 0.0243 e. The molecule has 14 heavy (non-hydrogen) atoms. The number of hydrogen-bond donors (Lipinski definition) is 0. The average Bonchev–Trinajstić information content (AvgIpc) is 2.25. The van der Waals surface area contributed by atoms with Crippen molar-refractivity contribution in [1.82, 2.24) is 0 Å². The van der Waals surface area contributed by atoms with E-state index in [4.69, 9.17) is 6.42 Å². The second-order valence-electron chi connectivity index (χ2n) is 2.97. The Morgan fingerprint density at radius 2 is 1.93 bits per heavy atom. The fourth-order valence-corrected chi connectivity index (χ4v) is 1.11. The molecule has 0 radical (unpaired) electrons. The molecule has 0 heteroatoms. The molecular formula is C14H14. The van der Waals surface area contributed by atoms with Crippen LogP contribution in [0.3, 0.4) is 0 Å². The minimum Gasteiger partial charge on any atom is -0.115 e. The lowest BCUT2D eigenvalue weighted by atomic mass is 10.1. The highest BCUT2D eigenvalue weighted by Crippen LogP contribution is 2.05. The Morgan fingerprint density at radius 3 is 2.50 bits per heavy atom. The van der Waals surface area contributed by atoms with Crippen molar-refractivity contribution in [3.63, 3.8) is 0 Å². The van der Waals surface area contributed by atoms with Crippen molar-refractivity contribution in [3.8, 4) is 12.3 Å². The van der Waals surface area contributed by atoms with E-state index in [2.05, 4.69) is 24.1 Å². The highest BCUT2D eigenvalue weighted by Gasteiger charge is 1.86. The van der Waals surface area contributed by atoms with Gasteiger partial charge < -0.3 is 0 Å². The zero-order chi connectivity index (χ0) is 10.2. The largest absolute Gasteiger partial charge is 0.115 e. The van der Waals surface area contributed by atoms with Crippen LogP contribution in [0, 0.1) is 12.3 Å². The molecule has 0 saturated carbocycles. The number of allylic oxidation sites excluding steroid dienone is 3. The molecule has 0 aliphatic rings. The molecule has 1 rings (SSSR count). The van der Waals surface area contributed by atoms with E-state index in [9.17, 15) is 0 Å². The van der Waals surface area contributed by atoms with Gasteiger partial charge in [-0.2, -0.15) is 0 Å². The van der Waals surface area contributed by atoms with Gasteiger partial charge in [-0.15, -0.1) is 6.42 Å². The van der Waals surface area contributed by atoms with Crippen LogP contribution in [0.4, 0.5) is 0 Å². The Labute approximate surface area is 86.0 Å². The number of hydrogen-bond acceptors (Lipinski definition) is 0. The van der Waals surface area contributed by atoms with Gasteiger partial charge in [-0.1, -0.05) is 42.4 Å². The van der Waals surface area contributed by atoms with Crippen LogP contribution < -0.4 is 0 Å². The molecule has 0 amide bonds. The Bertz CT molecular complexity index is 358. The molecule has 1 aromatic carbocycles. The van der Waals surface area contributed by atoms with Crippen LogP contribution >= 0.6 is 0 Å². The standard InChI is InChI=1S/C14H14/c1-3-5-6-7-8-14-11-9-13(4-2)10-12-14/h2-3,5,7-12H,6H2,1H3. The van der Waals surface area contributed by atoms with E-state index < -0.39 is 0 Å². The summed E-state index contributed by atoms with van der Waals surface area (Å²) in [5.74, 6) is 2.60. The van der Waals surface area contributed by atoms with Gasteiger partial charge in [-0.25, -0.2) is 0 Å². The summed E-state index contributed by atoms with van der Waals surface area (Å²) in [4.78, 5) is 0. The summed E-state index contributed by atoms with van der Waals surface area (Å²) in [5.41, 5.74) is 2.11. The van der Waals surface area contributed by atoms with E-state index in [1.807, 2.05) is 37.3 Å². The highest BCUT2D eigenvalue weighted by molar-refractivity contribution is 5.51. The topological polar surface area (TPSA) is 0 Å². The normalized spacial score (nSPS) is 10.9. The molecule has 0 bridgehead atoms. The van der Waals surface area contributed by atoms with Crippen molar-refractivity contribution >= 4 is 6.08 Å². The minimum absolute atomic E-state index is 0.926. The van der Waals surface area contributed by atoms with E-state index in [-0.39, 0.29) is 0 Å². The lowest BCUT2D eigenvalue weighted by Crippen LogP contribution is -1.74. The molecule has 0 aliphatic heterocycles. The van der Waals surface area contributed by atoms with E-state index in [1.54, 1.807) is 0 Å². The highest BCUT2D eigenvalue weighted by atomic mass is 13.9. The summed E-state index contributed by atoms with van der Waals surface area (Å²) in [7, 11) is 0. The fraction of sp³-hybridized carbons (Fsp3) is 0.143. The Balaban J connectivity index is 2.60. The van der Waals surface area contributed by atoms with Crippen molar-refractivity contribution < 1.29 is 0 Å². The van der Waals surface area contributed by atoms with Crippen molar-refractivity contribution in [3.05, 3.63) is 53.6 Å². The quantitative estimate of drug-likeness (QED) is 0.494. The van der Waals surface area contributed by atoms with Gasteiger partial charge in [0.1, 0.15) is 0 Å². The molecule has 0 N–H and O–H groups in total. The zero-order valence-electron chi connectivity index (χ0n) is 8.40. The second-order valence-corrected chi connectivity index (χ2v) is 2.97. The number of rotatable bonds is 3. The lowest BCUT2D eigenvalue weighted by Gasteiger charge is -1.93. The summed E-state index contributed by atoms with van der Waals surface area (Å²) in [5, 5.41) is 0.